The van der Waals surface area contributed by atoms with Gasteiger partial charge in [-0.2, -0.15) is 4.31 Å². The minimum atomic E-state index is -3.73. The third kappa shape index (κ3) is 3.69. The first-order valence-corrected chi connectivity index (χ1v) is 10.2. The summed E-state index contributed by atoms with van der Waals surface area (Å²) in [5.74, 6) is 0. The van der Waals surface area contributed by atoms with Gasteiger partial charge < -0.3 is 5.73 Å². The largest absolute Gasteiger partial charge is 0.330 e. The predicted octanol–water partition coefficient (Wildman–Crippen LogP) is 1.42. The van der Waals surface area contributed by atoms with E-state index in [1.54, 1.807) is 32.3 Å². The lowest BCUT2D eigenvalue weighted by Gasteiger charge is -2.22. The highest BCUT2D eigenvalue weighted by molar-refractivity contribution is 7.89. The van der Waals surface area contributed by atoms with Crippen molar-refractivity contribution in [3.05, 3.63) is 64.6 Å². The molecule has 27 heavy (non-hydrogen) atoms. The van der Waals surface area contributed by atoms with E-state index in [1.807, 2.05) is 30.3 Å². The molecule has 0 amide bonds. The Balaban J connectivity index is 2.04. The molecule has 0 unspecified atom stereocenters. The molecule has 3 rings (SSSR count). The summed E-state index contributed by atoms with van der Waals surface area (Å²) in [6.45, 7) is 1.02. The lowest BCUT2D eigenvalue weighted by molar-refractivity contribution is 0.402. The van der Waals surface area contributed by atoms with E-state index >= 15 is 0 Å². The zero-order valence-electron chi connectivity index (χ0n) is 15.5. The number of hydrogen-bond acceptors (Lipinski definition) is 4. The van der Waals surface area contributed by atoms with Crippen LogP contribution in [0.3, 0.4) is 0 Å². The van der Waals surface area contributed by atoms with Gasteiger partial charge in [0.15, 0.2) is 0 Å². The molecule has 0 radical (unpaired) electrons. The summed E-state index contributed by atoms with van der Waals surface area (Å²) >= 11 is 0. The average Bonchev–Trinajstić information content (AvgIpc) is 2.89. The normalized spacial score (nSPS) is 12.1. The van der Waals surface area contributed by atoms with E-state index in [9.17, 15) is 13.2 Å². The van der Waals surface area contributed by atoms with E-state index in [4.69, 9.17) is 5.73 Å². The van der Waals surface area contributed by atoms with Gasteiger partial charge in [-0.1, -0.05) is 30.3 Å². The first-order chi connectivity index (χ1) is 12.9. The lowest BCUT2D eigenvalue weighted by atomic mass is 10.2. The van der Waals surface area contributed by atoms with Crippen LogP contribution in [0.5, 0.6) is 0 Å². The average molecular weight is 388 g/mol. The molecular formula is C19H24N4O3S. The second-order valence-corrected chi connectivity index (χ2v) is 8.46. The van der Waals surface area contributed by atoms with Gasteiger partial charge in [0.2, 0.25) is 10.0 Å². The zero-order chi connectivity index (χ0) is 19.6. The highest BCUT2D eigenvalue weighted by Crippen LogP contribution is 2.23. The van der Waals surface area contributed by atoms with Gasteiger partial charge in [-0.3, -0.25) is 9.13 Å². The van der Waals surface area contributed by atoms with Crippen LogP contribution in [0.1, 0.15) is 12.0 Å². The van der Waals surface area contributed by atoms with Crippen molar-refractivity contribution in [2.75, 3.05) is 13.1 Å². The predicted molar refractivity (Wildman–Crippen MR) is 106 cm³/mol. The fraction of sp³-hybridized carbons (Fsp3) is 0.316. The van der Waals surface area contributed by atoms with E-state index in [0.717, 1.165) is 5.56 Å². The summed E-state index contributed by atoms with van der Waals surface area (Å²) in [4.78, 5) is 12.3. The fourth-order valence-corrected chi connectivity index (χ4v) is 4.62. The maximum Gasteiger partial charge on any atom is 0.328 e. The Hall–Kier alpha value is -2.42. The molecule has 1 aromatic heterocycles. The van der Waals surface area contributed by atoms with Crippen LogP contribution in [0.25, 0.3) is 11.0 Å². The van der Waals surface area contributed by atoms with Gasteiger partial charge in [0, 0.05) is 27.2 Å². The van der Waals surface area contributed by atoms with Crippen molar-refractivity contribution >= 4 is 21.1 Å². The molecule has 0 atom stereocenters. The Morgan fingerprint density at radius 3 is 2.33 bits per heavy atom. The molecule has 3 aromatic rings. The van der Waals surface area contributed by atoms with Crippen molar-refractivity contribution < 1.29 is 8.42 Å². The molecular weight excluding hydrogens is 364 g/mol. The van der Waals surface area contributed by atoms with Gasteiger partial charge in [0.05, 0.1) is 15.9 Å². The molecule has 0 saturated carbocycles. The minimum Gasteiger partial charge on any atom is -0.330 e. The standard InChI is InChI=1S/C19H24N4O3S/c1-21-17-10-9-16(13-18(17)22(2)19(21)24)27(25,26)23(12-6-11-20)14-15-7-4-3-5-8-15/h3-5,7-10,13H,6,11-12,14,20H2,1-2H3. The van der Waals surface area contributed by atoms with Crippen LogP contribution in [0.4, 0.5) is 0 Å². The quantitative estimate of drug-likeness (QED) is 0.663. The van der Waals surface area contributed by atoms with E-state index < -0.39 is 10.0 Å². The number of fused-ring (bicyclic) bond motifs is 1. The molecule has 0 spiro atoms. The number of aryl methyl sites for hydroxylation is 2. The summed E-state index contributed by atoms with van der Waals surface area (Å²) < 4.78 is 31.0. The molecule has 2 aromatic carbocycles. The molecule has 8 heteroatoms. The van der Waals surface area contributed by atoms with Crippen LogP contribution in [0.15, 0.2) is 58.2 Å². The number of imidazole rings is 1. The Labute approximate surface area is 158 Å². The third-order valence-electron chi connectivity index (χ3n) is 4.69. The van der Waals surface area contributed by atoms with Crippen LogP contribution in [-0.2, 0) is 30.7 Å². The van der Waals surface area contributed by atoms with Crippen LogP contribution >= 0.6 is 0 Å². The van der Waals surface area contributed by atoms with Crippen molar-refractivity contribution in [1.82, 2.24) is 13.4 Å². The summed E-state index contributed by atoms with van der Waals surface area (Å²) in [6, 6.07) is 14.2. The van der Waals surface area contributed by atoms with Gasteiger partial charge >= 0.3 is 5.69 Å². The molecule has 0 aliphatic carbocycles. The second kappa shape index (κ2) is 7.67. The number of aromatic nitrogens is 2. The van der Waals surface area contributed by atoms with Crippen LogP contribution in [0, 0.1) is 0 Å². The summed E-state index contributed by atoms with van der Waals surface area (Å²) in [7, 11) is -0.426. The maximum atomic E-state index is 13.3. The van der Waals surface area contributed by atoms with Crippen molar-refractivity contribution in [2.24, 2.45) is 19.8 Å². The van der Waals surface area contributed by atoms with E-state index in [0.29, 0.717) is 30.5 Å². The Bertz CT molecular complexity index is 1100. The molecule has 0 saturated heterocycles. The second-order valence-electron chi connectivity index (χ2n) is 6.52. The molecule has 7 nitrogen and oxygen atoms in total. The first-order valence-electron chi connectivity index (χ1n) is 8.76. The van der Waals surface area contributed by atoms with Gasteiger partial charge in [0.1, 0.15) is 0 Å². The molecule has 144 valence electrons. The number of nitrogens with two attached hydrogens (primary N) is 1. The summed E-state index contributed by atoms with van der Waals surface area (Å²) in [5, 5.41) is 0. The molecule has 0 aliphatic heterocycles. The monoisotopic (exact) mass is 388 g/mol. The van der Waals surface area contributed by atoms with Crippen molar-refractivity contribution in [1.29, 1.82) is 0 Å². The Morgan fingerprint density at radius 1 is 1.00 bits per heavy atom. The fourth-order valence-electron chi connectivity index (χ4n) is 3.14. The van der Waals surface area contributed by atoms with Gasteiger partial charge in [-0.05, 0) is 36.7 Å². The molecule has 0 fully saturated rings. The molecule has 0 bridgehead atoms. The van der Waals surface area contributed by atoms with Crippen LogP contribution in [0.2, 0.25) is 0 Å². The number of sulfonamides is 1. The molecule has 1 heterocycles. The van der Waals surface area contributed by atoms with Crippen LogP contribution in [-0.4, -0.2) is 34.9 Å². The first kappa shape index (κ1) is 19.3. The number of hydrogen-bond donors (Lipinski definition) is 1. The number of benzene rings is 2. The Morgan fingerprint density at radius 2 is 1.67 bits per heavy atom. The van der Waals surface area contributed by atoms with Crippen molar-refractivity contribution in [3.63, 3.8) is 0 Å². The summed E-state index contributed by atoms with van der Waals surface area (Å²) in [5.41, 5.74) is 7.60. The van der Waals surface area contributed by atoms with E-state index in [2.05, 4.69) is 0 Å². The topological polar surface area (TPSA) is 90.3 Å². The van der Waals surface area contributed by atoms with Crippen molar-refractivity contribution in [2.45, 2.75) is 17.9 Å². The van der Waals surface area contributed by atoms with Gasteiger partial charge in [-0.15, -0.1) is 0 Å². The maximum absolute atomic E-state index is 13.3. The number of rotatable bonds is 7. The van der Waals surface area contributed by atoms with E-state index in [-0.39, 0.29) is 17.1 Å². The zero-order valence-corrected chi connectivity index (χ0v) is 16.3. The molecule has 2 N–H and O–H groups in total. The lowest BCUT2D eigenvalue weighted by Crippen LogP contribution is -2.32. The smallest absolute Gasteiger partial charge is 0.328 e. The van der Waals surface area contributed by atoms with E-state index in [1.165, 1.54) is 13.4 Å². The van der Waals surface area contributed by atoms with Gasteiger partial charge in [0.25, 0.3) is 0 Å². The highest BCUT2D eigenvalue weighted by Gasteiger charge is 2.25. The third-order valence-corrected chi connectivity index (χ3v) is 6.54. The number of nitrogens with zero attached hydrogens (tertiary/aromatic N) is 3. The van der Waals surface area contributed by atoms with Gasteiger partial charge in [-0.25, -0.2) is 13.2 Å². The van der Waals surface area contributed by atoms with Crippen LogP contribution < -0.4 is 11.4 Å². The minimum absolute atomic E-state index is 0.171. The van der Waals surface area contributed by atoms with Crippen molar-refractivity contribution in [3.8, 4) is 0 Å². The molecule has 0 aliphatic rings. The summed E-state index contributed by atoms with van der Waals surface area (Å²) in [6.07, 6.45) is 0.568. The Kier molecular flexibility index (Phi) is 5.50. The SMILES string of the molecule is Cn1c(=O)n(C)c2cc(S(=O)(=O)N(CCCN)Cc3ccccc3)ccc21. The highest BCUT2D eigenvalue weighted by atomic mass is 32.2.